The largest absolute Gasteiger partial charge is 0.330 e. The van der Waals surface area contributed by atoms with E-state index in [0.29, 0.717) is 17.1 Å². The van der Waals surface area contributed by atoms with Crippen molar-refractivity contribution in [3.05, 3.63) is 40.4 Å². The number of nitrogens with two attached hydrogens (primary N) is 1. The minimum Gasteiger partial charge on any atom is -0.330 e. The van der Waals surface area contributed by atoms with Crippen molar-refractivity contribution in [3.8, 4) is 6.07 Å². The summed E-state index contributed by atoms with van der Waals surface area (Å²) >= 11 is 5.79. The Hall–Kier alpha value is -1.30. The number of benzene rings is 1. The third-order valence-corrected chi connectivity index (χ3v) is 2.08. The monoisotopic (exact) mass is 206 g/mol. The minimum absolute atomic E-state index is 0.489. The second kappa shape index (κ2) is 5.43. The van der Waals surface area contributed by atoms with Gasteiger partial charge in [0.2, 0.25) is 0 Å². The lowest BCUT2D eigenvalue weighted by Gasteiger charge is -1.96. The zero-order chi connectivity index (χ0) is 10.4. The maximum atomic E-state index is 8.74. The first-order chi connectivity index (χ1) is 6.77. The maximum absolute atomic E-state index is 8.74. The molecular weight excluding hydrogens is 196 g/mol. The molecule has 0 spiro atoms. The van der Waals surface area contributed by atoms with Crippen LogP contribution >= 0.6 is 11.6 Å². The first-order valence-electron chi connectivity index (χ1n) is 4.34. The quantitative estimate of drug-likeness (QED) is 0.827. The fourth-order valence-electron chi connectivity index (χ4n) is 1.05. The van der Waals surface area contributed by atoms with Gasteiger partial charge in [0.05, 0.1) is 10.6 Å². The molecule has 3 heteroatoms. The van der Waals surface area contributed by atoms with E-state index in [1.807, 2.05) is 24.3 Å². The van der Waals surface area contributed by atoms with Gasteiger partial charge < -0.3 is 5.73 Å². The summed E-state index contributed by atoms with van der Waals surface area (Å²) in [6, 6.07) is 7.39. The Morgan fingerprint density at radius 3 is 2.93 bits per heavy atom. The van der Waals surface area contributed by atoms with Gasteiger partial charge in [-0.05, 0) is 30.7 Å². The third-order valence-electron chi connectivity index (χ3n) is 1.75. The normalized spacial score (nSPS) is 10.4. The van der Waals surface area contributed by atoms with Gasteiger partial charge in [0.15, 0.2) is 0 Å². The molecule has 0 unspecified atom stereocenters. The first-order valence-corrected chi connectivity index (χ1v) is 4.72. The van der Waals surface area contributed by atoms with Crippen LogP contribution in [-0.4, -0.2) is 6.54 Å². The van der Waals surface area contributed by atoms with Gasteiger partial charge in [0.25, 0.3) is 0 Å². The topological polar surface area (TPSA) is 49.8 Å². The lowest BCUT2D eigenvalue weighted by atomic mass is 10.1. The molecule has 0 heterocycles. The fraction of sp³-hybridized carbons (Fsp3) is 0.182. The lowest BCUT2D eigenvalue weighted by molar-refractivity contribution is 1.01. The van der Waals surface area contributed by atoms with E-state index in [-0.39, 0.29) is 0 Å². The van der Waals surface area contributed by atoms with Crippen LogP contribution < -0.4 is 5.73 Å². The Balaban J connectivity index is 2.86. The summed E-state index contributed by atoms with van der Waals surface area (Å²) in [7, 11) is 0. The van der Waals surface area contributed by atoms with Crippen molar-refractivity contribution in [2.75, 3.05) is 6.54 Å². The second-order valence-corrected chi connectivity index (χ2v) is 3.24. The van der Waals surface area contributed by atoms with E-state index in [0.717, 1.165) is 12.0 Å². The molecule has 0 fully saturated rings. The molecule has 1 aromatic rings. The van der Waals surface area contributed by atoms with E-state index in [1.54, 1.807) is 12.1 Å². The highest BCUT2D eigenvalue weighted by Gasteiger charge is 1.98. The molecule has 0 amide bonds. The number of hydrogen-bond acceptors (Lipinski definition) is 2. The van der Waals surface area contributed by atoms with Crippen LogP contribution in [-0.2, 0) is 0 Å². The summed E-state index contributed by atoms with van der Waals surface area (Å²) in [6.45, 7) is 0.634. The molecule has 0 saturated heterocycles. The van der Waals surface area contributed by atoms with Crippen LogP contribution in [0, 0.1) is 11.3 Å². The van der Waals surface area contributed by atoms with Crippen LogP contribution in [0.1, 0.15) is 17.5 Å². The zero-order valence-electron chi connectivity index (χ0n) is 7.70. The summed E-state index contributed by atoms with van der Waals surface area (Å²) in [5.41, 5.74) is 6.82. The van der Waals surface area contributed by atoms with E-state index >= 15 is 0 Å². The molecule has 0 saturated carbocycles. The van der Waals surface area contributed by atoms with Crippen molar-refractivity contribution in [2.45, 2.75) is 6.42 Å². The van der Waals surface area contributed by atoms with Gasteiger partial charge >= 0.3 is 0 Å². The molecule has 2 nitrogen and oxygen atoms in total. The van der Waals surface area contributed by atoms with E-state index in [1.165, 1.54) is 0 Å². The minimum atomic E-state index is 0.489. The Kier molecular flexibility index (Phi) is 4.18. The molecule has 0 aliphatic rings. The Morgan fingerprint density at radius 2 is 2.29 bits per heavy atom. The fourth-order valence-corrected chi connectivity index (χ4v) is 1.21. The number of nitrogens with zero attached hydrogens (tertiary/aromatic N) is 1. The van der Waals surface area contributed by atoms with Crippen molar-refractivity contribution in [3.63, 3.8) is 0 Å². The van der Waals surface area contributed by atoms with Crippen LogP contribution in [0.3, 0.4) is 0 Å². The molecule has 0 bridgehead atoms. The van der Waals surface area contributed by atoms with Gasteiger partial charge in [-0.2, -0.15) is 5.26 Å². The van der Waals surface area contributed by atoms with E-state index in [9.17, 15) is 0 Å². The summed E-state index contributed by atoms with van der Waals surface area (Å²) in [4.78, 5) is 0. The van der Waals surface area contributed by atoms with Gasteiger partial charge in [0, 0.05) is 0 Å². The molecule has 0 aliphatic heterocycles. The molecule has 0 radical (unpaired) electrons. The number of nitriles is 1. The summed E-state index contributed by atoms with van der Waals surface area (Å²) in [5.74, 6) is 0. The number of halogens is 1. The Labute approximate surface area is 88.6 Å². The van der Waals surface area contributed by atoms with Crippen molar-refractivity contribution >= 4 is 17.7 Å². The highest BCUT2D eigenvalue weighted by atomic mass is 35.5. The van der Waals surface area contributed by atoms with Crippen LogP contribution in [0.2, 0.25) is 5.02 Å². The van der Waals surface area contributed by atoms with Gasteiger partial charge in [-0.15, -0.1) is 0 Å². The van der Waals surface area contributed by atoms with Crippen molar-refractivity contribution in [1.29, 1.82) is 5.26 Å². The molecule has 2 N–H and O–H groups in total. The highest BCUT2D eigenvalue weighted by molar-refractivity contribution is 6.31. The van der Waals surface area contributed by atoms with Crippen molar-refractivity contribution in [2.24, 2.45) is 5.73 Å². The predicted molar refractivity (Wildman–Crippen MR) is 58.9 cm³/mol. The van der Waals surface area contributed by atoms with Gasteiger partial charge in [-0.3, -0.25) is 0 Å². The molecular formula is C11H11ClN2. The van der Waals surface area contributed by atoms with E-state index < -0.39 is 0 Å². The maximum Gasteiger partial charge on any atom is 0.101 e. The van der Waals surface area contributed by atoms with Crippen molar-refractivity contribution in [1.82, 2.24) is 0 Å². The Morgan fingerprint density at radius 1 is 1.50 bits per heavy atom. The molecule has 14 heavy (non-hydrogen) atoms. The average molecular weight is 207 g/mol. The molecule has 0 atom stereocenters. The average Bonchev–Trinajstić information content (AvgIpc) is 2.21. The highest BCUT2D eigenvalue weighted by Crippen LogP contribution is 2.17. The van der Waals surface area contributed by atoms with Crippen LogP contribution in [0.5, 0.6) is 0 Å². The van der Waals surface area contributed by atoms with Crippen LogP contribution in [0.25, 0.3) is 6.08 Å². The summed E-state index contributed by atoms with van der Waals surface area (Å²) in [5, 5.41) is 9.23. The van der Waals surface area contributed by atoms with E-state index in [4.69, 9.17) is 22.6 Å². The van der Waals surface area contributed by atoms with Crippen LogP contribution in [0.15, 0.2) is 24.3 Å². The second-order valence-electron chi connectivity index (χ2n) is 2.83. The molecule has 0 aliphatic carbocycles. The van der Waals surface area contributed by atoms with E-state index in [2.05, 4.69) is 0 Å². The zero-order valence-corrected chi connectivity index (χ0v) is 8.46. The summed E-state index contributed by atoms with van der Waals surface area (Å²) in [6.07, 6.45) is 4.75. The van der Waals surface area contributed by atoms with Gasteiger partial charge in [-0.25, -0.2) is 0 Å². The number of rotatable bonds is 3. The predicted octanol–water partition coefficient (Wildman–Crippen LogP) is 2.57. The first kappa shape index (κ1) is 10.8. The smallest absolute Gasteiger partial charge is 0.101 e. The third kappa shape index (κ3) is 2.88. The number of hydrogen-bond donors (Lipinski definition) is 1. The Bertz CT molecular complexity index is 377. The lowest BCUT2D eigenvalue weighted by Crippen LogP contribution is -1.94. The molecule has 1 aromatic carbocycles. The molecule has 72 valence electrons. The van der Waals surface area contributed by atoms with Gasteiger partial charge in [0.1, 0.15) is 6.07 Å². The van der Waals surface area contributed by atoms with Crippen molar-refractivity contribution < 1.29 is 0 Å². The SMILES string of the molecule is N#Cc1cc(C=CCCN)ccc1Cl. The molecule has 1 rings (SSSR count). The molecule has 0 aromatic heterocycles. The standard InChI is InChI=1S/C11H11ClN2/c12-11-5-4-9(3-1-2-6-13)7-10(11)8-14/h1,3-5,7H,2,6,13H2. The van der Waals surface area contributed by atoms with Crippen LogP contribution in [0.4, 0.5) is 0 Å². The summed E-state index contributed by atoms with van der Waals surface area (Å²) < 4.78 is 0. The van der Waals surface area contributed by atoms with Gasteiger partial charge in [-0.1, -0.05) is 29.8 Å².